The second-order valence-electron chi connectivity index (χ2n) is 7.32. The van der Waals surface area contributed by atoms with Gasteiger partial charge in [0.2, 0.25) is 0 Å². The van der Waals surface area contributed by atoms with Crippen molar-refractivity contribution in [1.82, 2.24) is 0 Å². The maximum atomic E-state index is 12.4. The molecule has 0 amide bonds. The van der Waals surface area contributed by atoms with Crippen LogP contribution in [0.5, 0.6) is 0 Å². The Bertz CT molecular complexity index is 850. The summed E-state index contributed by atoms with van der Waals surface area (Å²) in [4.78, 5) is 12.4. The third-order valence-corrected chi connectivity index (χ3v) is 6.08. The summed E-state index contributed by atoms with van der Waals surface area (Å²) < 4.78 is 0. The molecule has 1 fully saturated rings. The lowest BCUT2D eigenvalue weighted by molar-refractivity contribution is -0.120. The highest BCUT2D eigenvalue weighted by atomic mass is 16.1. The first kappa shape index (κ1) is 12.5. The highest BCUT2D eigenvalue weighted by Gasteiger charge is 2.52. The Morgan fingerprint density at radius 1 is 1.18 bits per heavy atom. The van der Waals surface area contributed by atoms with Gasteiger partial charge in [-0.05, 0) is 53.3 Å². The Morgan fingerprint density at radius 3 is 2.86 bits per heavy atom. The molecule has 0 radical (unpaired) electrons. The van der Waals surface area contributed by atoms with E-state index in [-0.39, 0.29) is 5.41 Å². The van der Waals surface area contributed by atoms with Crippen LogP contribution in [0.2, 0.25) is 0 Å². The molecule has 0 heterocycles. The highest BCUT2D eigenvalue weighted by molar-refractivity contribution is 5.96. The number of carbonyl (C=O) groups is 1. The number of ketones is 1. The first-order valence-corrected chi connectivity index (χ1v) is 8.17. The molecule has 3 atom stereocenters. The van der Waals surface area contributed by atoms with Gasteiger partial charge in [-0.25, -0.2) is 0 Å². The van der Waals surface area contributed by atoms with Crippen LogP contribution in [0.25, 0.3) is 10.8 Å². The van der Waals surface area contributed by atoms with Gasteiger partial charge in [-0.3, -0.25) is 4.79 Å². The summed E-state index contributed by atoms with van der Waals surface area (Å²) in [5.41, 5.74) is 9.63. The van der Waals surface area contributed by atoms with Gasteiger partial charge in [0.15, 0.2) is 0 Å². The van der Waals surface area contributed by atoms with Crippen molar-refractivity contribution in [3.63, 3.8) is 0 Å². The van der Waals surface area contributed by atoms with Crippen LogP contribution >= 0.6 is 0 Å². The van der Waals surface area contributed by atoms with Crippen LogP contribution in [0.15, 0.2) is 42.5 Å². The number of allylic oxidation sites excluding steroid dienone is 2. The Morgan fingerprint density at radius 2 is 2.09 bits per heavy atom. The topological polar surface area (TPSA) is 43.1 Å². The van der Waals surface area contributed by atoms with Crippen LogP contribution in [-0.4, -0.2) is 5.78 Å². The number of hydrogen-bond acceptors (Lipinski definition) is 2. The normalized spacial score (nSPS) is 32.1. The summed E-state index contributed by atoms with van der Waals surface area (Å²) in [6.45, 7) is 0. The molecule has 2 nitrogen and oxygen atoms in total. The zero-order valence-electron chi connectivity index (χ0n) is 12.5. The van der Waals surface area contributed by atoms with Crippen molar-refractivity contribution in [3.05, 3.63) is 53.6 Å². The number of carbonyl (C=O) groups excluding carboxylic acids is 1. The quantitative estimate of drug-likeness (QED) is 0.592. The van der Waals surface area contributed by atoms with Crippen LogP contribution < -0.4 is 5.73 Å². The van der Waals surface area contributed by atoms with Gasteiger partial charge in [0.05, 0.1) is 0 Å². The number of fused-ring (bicyclic) bond motifs is 6. The first-order chi connectivity index (χ1) is 10.7. The van der Waals surface area contributed by atoms with E-state index in [1.54, 1.807) is 0 Å². The Labute approximate surface area is 130 Å². The van der Waals surface area contributed by atoms with Gasteiger partial charge >= 0.3 is 0 Å². The number of rotatable bonds is 0. The van der Waals surface area contributed by atoms with Crippen LogP contribution in [0.4, 0.5) is 5.69 Å². The number of nitrogen functional groups attached to an aromatic ring is 1. The van der Waals surface area contributed by atoms with Gasteiger partial charge in [-0.1, -0.05) is 30.4 Å². The average Bonchev–Trinajstić information content (AvgIpc) is 3.08. The molecule has 3 aliphatic rings. The van der Waals surface area contributed by atoms with E-state index >= 15 is 0 Å². The molecule has 22 heavy (non-hydrogen) atoms. The SMILES string of the molecule is Nc1cccc2cc3c(cc12)CC(=O)CC31CC2C=CC1C2. The number of benzene rings is 2. The zero-order valence-corrected chi connectivity index (χ0v) is 12.5. The second kappa shape index (κ2) is 4.01. The molecule has 0 saturated heterocycles. The molecule has 110 valence electrons. The molecule has 1 spiro atoms. The van der Waals surface area contributed by atoms with Gasteiger partial charge in [-0.2, -0.15) is 0 Å². The summed E-state index contributed by atoms with van der Waals surface area (Å²) in [5.74, 6) is 1.60. The van der Waals surface area contributed by atoms with E-state index in [4.69, 9.17) is 5.73 Å². The third-order valence-electron chi connectivity index (χ3n) is 6.08. The largest absolute Gasteiger partial charge is 0.398 e. The Hall–Kier alpha value is -2.09. The lowest BCUT2D eigenvalue weighted by atomic mass is 9.62. The van der Waals surface area contributed by atoms with E-state index in [1.165, 1.54) is 22.9 Å². The molecule has 0 aliphatic heterocycles. The van der Waals surface area contributed by atoms with Crippen LogP contribution in [-0.2, 0) is 16.6 Å². The average molecular weight is 289 g/mol. The Balaban J connectivity index is 1.80. The molecule has 2 N–H and O–H groups in total. The fraction of sp³-hybridized carbons (Fsp3) is 0.350. The van der Waals surface area contributed by atoms with E-state index in [9.17, 15) is 4.79 Å². The van der Waals surface area contributed by atoms with Crippen LogP contribution in [0.1, 0.15) is 30.4 Å². The van der Waals surface area contributed by atoms with Crippen molar-refractivity contribution in [3.8, 4) is 0 Å². The standard InChI is InChI=1S/C20H19NO/c21-19-3-1-2-13-9-18-14(8-17(13)19)7-16(22)11-20(18)10-12-4-5-15(20)6-12/h1-5,8-9,12,15H,6-7,10-11,21H2. The molecule has 0 aromatic heterocycles. The summed E-state index contributed by atoms with van der Waals surface area (Å²) in [5, 5.41) is 2.30. The molecule has 3 aliphatic carbocycles. The summed E-state index contributed by atoms with van der Waals surface area (Å²) >= 11 is 0. The minimum Gasteiger partial charge on any atom is -0.398 e. The lowest BCUT2D eigenvalue weighted by Gasteiger charge is -2.40. The van der Waals surface area contributed by atoms with Crippen molar-refractivity contribution in [2.24, 2.45) is 11.8 Å². The molecule has 2 aromatic rings. The third kappa shape index (κ3) is 1.48. The molecule has 2 aromatic carbocycles. The minimum atomic E-state index is 0.0584. The summed E-state index contributed by atoms with van der Waals surface area (Å²) in [6.07, 6.45) is 8.37. The van der Waals surface area contributed by atoms with E-state index in [2.05, 4.69) is 30.4 Å². The van der Waals surface area contributed by atoms with E-state index < -0.39 is 0 Å². The van der Waals surface area contributed by atoms with Gasteiger partial charge in [-0.15, -0.1) is 0 Å². The molecular weight excluding hydrogens is 270 g/mol. The maximum absolute atomic E-state index is 12.4. The fourth-order valence-electron chi connectivity index (χ4n) is 5.19. The van der Waals surface area contributed by atoms with Gasteiger partial charge in [0.1, 0.15) is 5.78 Å². The molecule has 5 rings (SSSR count). The summed E-state index contributed by atoms with van der Waals surface area (Å²) in [7, 11) is 0. The Kier molecular flexibility index (Phi) is 2.27. The van der Waals surface area contributed by atoms with Gasteiger partial charge in [0.25, 0.3) is 0 Å². The maximum Gasteiger partial charge on any atom is 0.138 e. The minimum absolute atomic E-state index is 0.0584. The number of hydrogen-bond donors (Lipinski definition) is 1. The van der Waals surface area contributed by atoms with E-state index in [0.29, 0.717) is 24.0 Å². The molecule has 2 heteroatoms. The van der Waals surface area contributed by atoms with Crippen molar-refractivity contribution in [1.29, 1.82) is 0 Å². The van der Waals surface area contributed by atoms with Crippen LogP contribution in [0.3, 0.4) is 0 Å². The highest BCUT2D eigenvalue weighted by Crippen LogP contribution is 2.58. The predicted octanol–water partition coefficient (Wildman–Crippen LogP) is 3.77. The smallest absolute Gasteiger partial charge is 0.138 e. The van der Waals surface area contributed by atoms with Crippen molar-refractivity contribution >= 4 is 22.2 Å². The molecule has 2 bridgehead atoms. The van der Waals surface area contributed by atoms with E-state index in [1.807, 2.05) is 12.1 Å². The monoisotopic (exact) mass is 289 g/mol. The van der Waals surface area contributed by atoms with E-state index in [0.717, 1.165) is 23.9 Å². The number of anilines is 1. The predicted molar refractivity (Wildman–Crippen MR) is 88.7 cm³/mol. The summed E-state index contributed by atoms with van der Waals surface area (Å²) in [6, 6.07) is 10.6. The van der Waals surface area contributed by atoms with Crippen molar-refractivity contribution in [2.75, 3.05) is 5.73 Å². The van der Waals surface area contributed by atoms with Crippen LogP contribution in [0, 0.1) is 11.8 Å². The second-order valence-corrected chi connectivity index (χ2v) is 7.32. The fourth-order valence-corrected chi connectivity index (χ4v) is 5.19. The van der Waals surface area contributed by atoms with Crippen molar-refractivity contribution in [2.45, 2.75) is 31.1 Å². The number of nitrogens with two attached hydrogens (primary N) is 1. The first-order valence-electron chi connectivity index (χ1n) is 8.17. The van der Waals surface area contributed by atoms with Gasteiger partial charge < -0.3 is 5.73 Å². The molecule has 3 unspecified atom stereocenters. The molecular formula is C20H19NO. The lowest BCUT2D eigenvalue weighted by Crippen LogP contribution is -2.38. The zero-order chi connectivity index (χ0) is 14.9. The number of Topliss-reactive ketones (excluding diaryl/α,β-unsaturated/α-hetero) is 1. The van der Waals surface area contributed by atoms with Gasteiger partial charge in [0, 0.05) is 29.3 Å². The molecule has 1 saturated carbocycles. The van der Waals surface area contributed by atoms with Crippen molar-refractivity contribution < 1.29 is 4.79 Å².